The summed E-state index contributed by atoms with van der Waals surface area (Å²) in [6, 6.07) is 0. The maximum Gasteiger partial charge on any atom is 0.102 e. The van der Waals surface area contributed by atoms with Crippen molar-refractivity contribution in [3.63, 3.8) is 0 Å². The number of aliphatic hydroxyl groups is 1. The largest absolute Gasteiger partial charge is 0.379 e. The Balaban J connectivity index is 4.42. The van der Waals surface area contributed by atoms with Gasteiger partial charge in [-0.2, -0.15) is 0 Å². The minimum Gasteiger partial charge on any atom is -0.379 e. The molecule has 0 aromatic carbocycles. The first-order valence-corrected chi connectivity index (χ1v) is 15.8. The second kappa shape index (κ2) is 27.5. The number of unbranched alkanes of at least 4 members (excludes halogenated alkanes) is 16. The average Bonchev–Trinajstić information content (AvgIpc) is 2.83. The molecule has 0 spiro atoms. The van der Waals surface area contributed by atoms with Crippen LogP contribution in [0.2, 0.25) is 0 Å². The van der Waals surface area contributed by atoms with Crippen LogP contribution >= 0.6 is 0 Å². The van der Waals surface area contributed by atoms with Crippen LogP contribution < -0.4 is 5.32 Å². The topological polar surface area (TPSA) is 35.5 Å². The van der Waals surface area contributed by atoms with Crippen LogP contribution in [0.1, 0.15) is 163 Å². The Labute approximate surface area is 216 Å². The third-order valence-corrected chi connectivity index (χ3v) is 7.43. The molecule has 2 N–H and O–H groups in total. The Bertz CT molecular complexity index is 356. The lowest BCUT2D eigenvalue weighted by Gasteiger charge is -2.26. The summed E-state index contributed by atoms with van der Waals surface area (Å²) >= 11 is 0. The lowest BCUT2D eigenvalue weighted by atomic mass is 9.96. The van der Waals surface area contributed by atoms with Crippen LogP contribution in [-0.2, 0) is 0 Å². The molecule has 0 saturated heterocycles. The lowest BCUT2D eigenvalue weighted by Crippen LogP contribution is -2.34. The molecule has 0 aliphatic rings. The van der Waals surface area contributed by atoms with Crippen LogP contribution in [0.15, 0.2) is 0 Å². The molecule has 2 atom stereocenters. The van der Waals surface area contributed by atoms with E-state index in [9.17, 15) is 5.11 Å². The smallest absolute Gasteiger partial charge is 0.102 e. The van der Waals surface area contributed by atoms with Gasteiger partial charge >= 0.3 is 0 Å². The Morgan fingerprint density at radius 2 is 0.941 bits per heavy atom. The maximum atomic E-state index is 9.74. The predicted molar refractivity (Wildman–Crippen MR) is 154 cm³/mol. The van der Waals surface area contributed by atoms with Crippen LogP contribution in [0.3, 0.4) is 0 Å². The second-order valence-corrected chi connectivity index (χ2v) is 11.0. The van der Waals surface area contributed by atoms with Gasteiger partial charge in [0.25, 0.3) is 0 Å². The first-order chi connectivity index (χ1) is 16.6. The number of nitrogens with one attached hydrogen (secondary N) is 1. The van der Waals surface area contributed by atoms with Crippen LogP contribution in [0.25, 0.3) is 0 Å². The highest BCUT2D eigenvalue weighted by molar-refractivity contribution is 4.68. The molecule has 0 radical (unpaired) electrons. The van der Waals surface area contributed by atoms with Crippen LogP contribution in [0, 0.1) is 5.92 Å². The highest BCUT2D eigenvalue weighted by atomic mass is 16.3. The van der Waals surface area contributed by atoms with Gasteiger partial charge in [0.2, 0.25) is 0 Å². The van der Waals surface area contributed by atoms with E-state index in [4.69, 9.17) is 0 Å². The number of rotatable bonds is 28. The summed E-state index contributed by atoms with van der Waals surface area (Å²) in [4.78, 5) is 2.78. The zero-order valence-corrected chi connectivity index (χ0v) is 24.2. The summed E-state index contributed by atoms with van der Waals surface area (Å²) in [5, 5.41) is 13.1. The van der Waals surface area contributed by atoms with Crippen molar-refractivity contribution in [2.24, 2.45) is 5.92 Å². The predicted octanol–water partition coefficient (Wildman–Crippen LogP) is 9.08. The molecule has 0 rings (SSSR count). The van der Waals surface area contributed by atoms with Crippen LogP contribution in [0.4, 0.5) is 0 Å². The number of hydrogen-bond acceptors (Lipinski definition) is 3. The summed E-state index contributed by atoms with van der Waals surface area (Å²) in [6.07, 6.45) is 28.6. The van der Waals surface area contributed by atoms with E-state index in [1.165, 1.54) is 154 Å². The molecule has 0 aromatic heterocycles. The fourth-order valence-corrected chi connectivity index (χ4v) is 5.01. The number of hydrogen-bond donors (Lipinski definition) is 2. The lowest BCUT2D eigenvalue weighted by molar-refractivity contribution is 0.144. The van der Waals surface area contributed by atoms with Crippen LogP contribution in [0.5, 0.6) is 0 Å². The van der Waals surface area contributed by atoms with E-state index in [0.29, 0.717) is 5.92 Å². The Hall–Kier alpha value is -0.120. The Morgan fingerprint density at radius 3 is 1.38 bits per heavy atom. The van der Waals surface area contributed by atoms with Gasteiger partial charge in [0.1, 0.15) is 6.23 Å². The third-order valence-electron chi connectivity index (χ3n) is 7.43. The van der Waals surface area contributed by atoms with Gasteiger partial charge in [0.05, 0.1) is 0 Å². The molecule has 0 saturated carbocycles. The van der Waals surface area contributed by atoms with Crippen molar-refractivity contribution in [3.8, 4) is 0 Å². The minimum absolute atomic E-state index is 0.390. The van der Waals surface area contributed by atoms with E-state index in [1.54, 1.807) is 0 Å². The summed E-state index contributed by atoms with van der Waals surface area (Å²) in [5.41, 5.74) is 0. The zero-order chi connectivity index (χ0) is 25.1. The SMILES string of the molecule is CCCCCCCCCN(CCCCCCCCC)CCC(CCCCCCC)CNC(C)O. The summed E-state index contributed by atoms with van der Waals surface area (Å²) in [5.74, 6) is 0.696. The molecular weight excluding hydrogens is 416 g/mol. The van der Waals surface area contributed by atoms with E-state index in [2.05, 4.69) is 31.0 Å². The molecule has 3 nitrogen and oxygen atoms in total. The third kappa shape index (κ3) is 25.0. The van der Waals surface area contributed by atoms with Gasteiger partial charge in [-0.25, -0.2) is 0 Å². The molecule has 0 aliphatic carbocycles. The van der Waals surface area contributed by atoms with Crippen molar-refractivity contribution in [3.05, 3.63) is 0 Å². The minimum atomic E-state index is -0.390. The number of aliphatic hydroxyl groups excluding tert-OH is 1. The normalized spacial score (nSPS) is 13.6. The van der Waals surface area contributed by atoms with Crippen molar-refractivity contribution in [1.82, 2.24) is 10.2 Å². The molecule has 0 bridgehead atoms. The second-order valence-electron chi connectivity index (χ2n) is 11.0. The standard InChI is InChI=1S/C31H66N2O/c1-5-8-11-14-16-19-22-26-33(27-23-20-17-15-12-9-6-2)28-25-31(29-32-30(4)34)24-21-18-13-10-7-3/h30-32,34H,5-29H2,1-4H3. The molecule has 2 unspecified atom stereocenters. The highest BCUT2D eigenvalue weighted by Gasteiger charge is 2.13. The molecule has 0 aliphatic heterocycles. The molecule has 0 amide bonds. The quantitative estimate of drug-likeness (QED) is 0.0862. The van der Waals surface area contributed by atoms with Gasteiger partial charge < -0.3 is 10.0 Å². The van der Waals surface area contributed by atoms with Gasteiger partial charge in [-0.05, 0) is 58.2 Å². The average molecular weight is 483 g/mol. The Kier molecular flexibility index (Phi) is 27.4. The summed E-state index contributed by atoms with van der Waals surface area (Å²) in [7, 11) is 0. The van der Waals surface area contributed by atoms with Crippen molar-refractivity contribution in [2.75, 3.05) is 26.2 Å². The molecule has 0 aromatic rings. The summed E-state index contributed by atoms with van der Waals surface area (Å²) < 4.78 is 0. The fraction of sp³-hybridized carbons (Fsp3) is 1.00. The van der Waals surface area contributed by atoms with Crippen molar-refractivity contribution >= 4 is 0 Å². The van der Waals surface area contributed by atoms with Crippen LogP contribution in [-0.4, -0.2) is 42.4 Å². The molecule has 34 heavy (non-hydrogen) atoms. The maximum absolute atomic E-state index is 9.74. The van der Waals surface area contributed by atoms with Gasteiger partial charge in [0, 0.05) is 6.54 Å². The van der Waals surface area contributed by atoms with Gasteiger partial charge in [-0.1, -0.05) is 130 Å². The summed E-state index contributed by atoms with van der Waals surface area (Å²) in [6.45, 7) is 13.5. The Morgan fingerprint density at radius 1 is 0.529 bits per heavy atom. The van der Waals surface area contributed by atoms with Gasteiger partial charge in [-0.15, -0.1) is 0 Å². The molecular formula is C31H66N2O. The first kappa shape index (κ1) is 33.9. The van der Waals surface area contributed by atoms with Gasteiger partial charge in [0.15, 0.2) is 0 Å². The fourth-order valence-electron chi connectivity index (χ4n) is 5.01. The van der Waals surface area contributed by atoms with Gasteiger partial charge in [-0.3, -0.25) is 5.32 Å². The van der Waals surface area contributed by atoms with E-state index in [0.717, 1.165) is 6.54 Å². The van der Waals surface area contributed by atoms with E-state index >= 15 is 0 Å². The monoisotopic (exact) mass is 483 g/mol. The zero-order valence-electron chi connectivity index (χ0n) is 24.2. The molecule has 3 heteroatoms. The van der Waals surface area contributed by atoms with E-state index < -0.39 is 0 Å². The number of nitrogens with zero attached hydrogens (tertiary/aromatic N) is 1. The molecule has 0 heterocycles. The molecule has 0 fully saturated rings. The van der Waals surface area contributed by atoms with Crippen molar-refractivity contribution in [1.29, 1.82) is 0 Å². The van der Waals surface area contributed by atoms with Crippen molar-refractivity contribution < 1.29 is 5.11 Å². The van der Waals surface area contributed by atoms with Crippen molar-refractivity contribution in [2.45, 2.75) is 169 Å². The molecule has 206 valence electrons. The first-order valence-electron chi connectivity index (χ1n) is 15.8. The van der Waals surface area contributed by atoms with E-state index in [-0.39, 0.29) is 6.23 Å². The van der Waals surface area contributed by atoms with E-state index in [1.807, 2.05) is 6.92 Å². The highest BCUT2D eigenvalue weighted by Crippen LogP contribution is 2.17.